The first kappa shape index (κ1) is 22.2. The van der Waals surface area contributed by atoms with Gasteiger partial charge in [-0.1, -0.05) is 33.8 Å². The number of carboxylic acids is 1. The second kappa shape index (κ2) is 9.56. The van der Waals surface area contributed by atoms with Crippen LogP contribution in [0.2, 0.25) is 0 Å². The van der Waals surface area contributed by atoms with Gasteiger partial charge in [0.15, 0.2) is 5.78 Å². The van der Waals surface area contributed by atoms with Gasteiger partial charge in [0.25, 0.3) is 0 Å². The van der Waals surface area contributed by atoms with Gasteiger partial charge >= 0.3 is 5.97 Å². The van der Waals surface area contributed by atoms with Crippen molar-refractivity contribution in [2.24, 2.45) is 11.8 Å². The van der Waals surface area contributed by atoms with Gasteiger partial charge in [-0.05, 0) is 48.4 Å². The van der Waals surface area contributed by atoms with Crippen LogP contribution in [0.15, 0.2) is 35.7 Å². The molecule has 2 aromatic heterocycles. The third-order valence-corrected chi connectivity index (χ3v) is 6.71. The Kier molecular flexibility index (Phi) is 7.08. The van der Waals surface area contributed by atoms with Crippen molar-refractivity contribution >= 4 is 34.1 Å². The van der Waals surface area contributed by atoms with Crippen LogP contribution in [-0.2, 0) is 11.2 Å². The maximum Gasteiger partial charge on any atom is 0.307 e. The summed E-state index contributed by atoms with van der Waals surface area (Å²) in [6.07, 6.45) is 2.79. The number of carboxylic acid groups (broad SMARTS) is 1. The van der Waals surface area contributed by atoms with Crippen molar-refractivity contribution in [3.05, 3.63) is 52.0 Å². The average molecular weight is 427 g/mol. The number of ketones is 1. The van der Waals surface area contributed by atoms with E-state index in [2.05, 4.69) is 35.9 Å². The number of imidazole rings is 1. The van der Waals surface area contributed by atoms with Gasteiger partial charge in [-0.3, -0.25) is 9.59 Å². The van der Waals surface area contributed by atoms with Gasteiger partial charge in [-0.2, -0.15) is 0 Å². The van der Waals surface area contributed by atoms with E-state index in [1.54, 1.807) is 11.3 Å². The first-order chi connectivity index (χ1) is 14.3. The highest BCUT2D eigenvalue weighted by atomic mass is 32.1. The molecule has 2 heterocycles. The fourth-order valence-corrected chi connectivity index (χ4v) is 4.70. The number of aliphatic carboxylic acids is 1. The molecule has 3 rings (SSSR count). The summed E-state index contributed by atoms with van der Waals surface area (Å²) in [4.78, 5) is 30.5. The number of Topliss-reactive ketones (excluding diaryl/α,β-unsaturated/α-hetero) is 1. The zero-order chi connectivity index (χ0) is 21.8. The lowest BCUT2D eigenvalue weighted by Crippen LogP contribution is -2.23. The van der Waals surface area contributed by atoms with Gasteiger partial charge in [0.1, 0.15) is 5.82 Å². The molecule has 6 heteroatoms. The molecule has 0 aliphatic rings. The van der Waals surface area contributed by atoms with E-state index in [1.165, 1.54) is 4.88 Å². The van der Waals surface area contributed by atoms with Crippen LogP contribution in [0, 0.1) is 11.8 Å². The zero-order valence-corrected chi connectivity index (χ0v) is 18.9. The third kappa shape index (κ3) is 4.64. The van der Waals surface area contributed by atoms with E-state index in [9.17, 15) is 14.7 Å². The number of nitrogens with zero attached hydrogens (tertiary/aromatic N) is 2. The topological polar surface area (TPSA) is 72.2 Å². The second-order valence-corrected chi connectivity index (χ2v) is 9.18. The minimum absolute atomic E-state index is 0.00775. The minimum atomic E-state index is -0.921. The Hall–Kier alpha value is -2.47. The van der Waals surface area contributed by atoms with Crippen LogP contribution >= 0.6 is 11.3 Å². The number of fused-ring (bicyclic) bond motifs is 1. The van der Waals surface area contributed by atoms with E-state index >= 15 is 0 Å². The second-order valence-electron chi connectivity index (χ2n) is 8.14. The molecule has 0 amide bonds. The van der Waals surface area contributed by atoms with Gasteiger partial charge in [0.2, 0.25) is 0 Å². The molecule has 0 fully saturated rings. The highest BCUT2D eigenvalue weighted by Crippen LogP contribution is 2.29. The number of hydrogen-bond donors (Lipinski definition) is 1. The summed E-state index contributed by atoms with van der Waals surface area (Å²) >= 11 is 1.72. The highest BCUT2D eigenvalue weighted by molar-refractivity contribution is 7.09. The smallest absolute Gasteiger partial charge is 0.307 e. The van der Waals surface area contributed by atoms with Gasteiger partial charge in [-0.15, -0.1) is 11.3 Å². The van der Waals surface area contributed by atoms with Crippen LogP contribution in [0.5, 0.6) is 0 Å². The largest absolute Gasteiger partial charge is 0.481 e. The molecule has 0 bridgehead atoms. The molecular formula is C24H30N2O3S. The Labute approximate surface area is 181 Å². The standard InChI is InChI=1S/C24H30N2O3S/c1-5-17(6-2)26-21-10-9-16(22(27)14-19(15(3)4)24(28)29)12-20(21)25-23(26)13-18-8-7-11-30-18/h7-12,15,17,19H,5-6,13-14H2,1-4H3,(H,28,29)/t19-/m0/s1. The number of rotatable bonds is 10. The number of thiophene rings is 1. The summed E-state index contributed by atoms with van der Waals surface area (Å²) in [5.74, 6) is -0.826. The van der Waals surface area contributed by atoms with Gasteiger partial charge in [0, 0.05) is 29.3 Å². The summed E-state index contributed by atoms with van der Waals surface area (Å²) in [5.41, 5.74) is 2.37. The van der Waals surface area contributed by atoms with Crippen molar-refractivity contribution in [3.8, 4) is 0 Å². The van der Waals surface area contributed by atoms with E-state index < -0.39 is 11.9 Å². The Morgan fingerprint density at radius 1 is 1.17 bits per heavy atom. The van der Waals surface area contributed by atoms with E-state index in [0.717, 1.165) is 36.1 Å². The number of carbonyl (C=O) groups excluding carboxylic acids is 1. The normalized spacial score (nSPS) is 12.7. The lowest BCUT2D eigenvalue weighted by molar-refractivity contribution is -0.143. The number of hydrogen-bond acceptors (Lipinski definition) is 4. The van der Waals surface area contributed by atoms with Crippen LogP contribution in [0.25, 0.3) is 11.0 Å². The number of carbonyl (C=O) groups is 2. The Bertz CT molecular complexity index is 1020. The quantitative estimate of drug-likeness (QED) is 0.405. The van der Waals surface area contributed by atoms with E-state index in [0.29, 0.717) is 11.6 Å². The molecule has 0 unspecified atom stereocenters. The predicted octanol–water partition coefficient (Wildman–Crippen LogP) is 5.98. The fraction of sp³-hybridized carbons (Fsp3) is 0.458. The fourth-order valence-electron chi connectivity index (χ4n) is 4.00. The van der Waals surface area contributed by atoms with Crippen molar-refractivity contribution in [2.45, 2.75) is 59.4 Å². The summed E-state index contributed by atoms with van der Waals surface area (Å²) in [6, 6.07) is 10.1. The summed E-state index contributed by atoms with van der Waals surface area (Å²) in [5, 5.41) is 11.5. The van der Waals surface area contributed by atoms with E-state index in [4.69, 9.17) is 4.98 Å². The molecule has 1 aromatic carbocycles. The third-order valence-electron chi connectivity index (χ3n) is 5.83. The highest BCUT2D eigenvalue weighted by Gasteiger charge is 2.26. The molecule has 1 N–H and O–H groups in total. The Morgan fingerprint density at radius 3 is 2.47 bits per heavy atom. The summed E-state index contributed by atoms with van der Waals surface area (Å²) in [6.45, 7) is 8.04. The van der Waals surface area contributed by atoms with Crippen molar-refractivity contribution in [3.63, 3.8) is 0 Å². The molecule has 0 aliphatic heterocycles. The molecule has 0 saturated carbocycles. The Morgan fingerprint density at radius 2 is 1.90 bits per heavy atom. The van der Waals surface area contributed by atoms with E-state index in [1.807, 2.05) is 32.0 Å². The van der Waals surface area contributed by atoms with E-state index in [-0.39, 0.29) is 18.1 Å². The summed E-state index contributed by atoms with van der Waals surface area (Å²) in [7, 11) is 0. The van der Waals surface area contributed by atoms with Gasteiger partial charge in [0.05, 0.1) is 17.0 Å². The lowest BCUT2D eigenvalue weighted by Gasteiger charge is -2.19. The molecule has 160 valence electrons. The van der Waals surface area contributed by atoms with Crippen LogP contribution in [0.4, 0.5) is 0 Å². The molecule has 1 atom stereocenters. The van der Waals surface area contributed by atoms with Crippen molar-refractivity contribution in [1.29, 1.82) is 0 Å². The molecule has 30 heavy (non-hydrogen) atoms. The average Bonchev–Trinajstić information content (AvgIpc) is 3.34. The minimum Gasteiger partial charge on any atom is -0.481 e. The first-order valence-electron chi connectivity index (χ1n) is 10.6. The maximum absolute atomic E-state index is 12.8. The van der Waals surface area contributed by atoms with Crippen LogP contribution in [-0.4, -0.2) is 26.4 Å². The van der Waals surface area contributed by atoms with Crippen LogP contribution in [0.3, 0.4) is 0 Å². The van der Waals surface area contributed by atoms with Crippen molar-refractivity contribution in [1.82, 2.24) is 9.55 Å². The molecule has 0 radical (unpaired) electrons. The lowest BCUT2D eigenvalue weighted by atomic mass is 9.89. The maximum atomic E-state index is 12.8. The van der Waals surface area contributed by atoms with Crippen LogP contribution < -0.4 is 0 Å². The summed E-state index contributed by atoms with van der Waals surface area (Å²) < 4.78 is 2.32. The Balaban J connectivity index is 1.99. The predicted molar refractivity (Wildman–Crippen MR) is 121 cm³/mol. The molecule has 0 saturated heterocycles. The molecule has 0 spiro atoms. The van der Waals surface area contributed by atoms with Crippen molar-refractivity contribution < 1.29 is 14.7 Å². The van der Waals surface area contributed by atoms with Crippen LogP contribution in [0.1, 0.15) is 74.1 Å². The van der Waals surface area contributed by atoms with Gasteiger partial charge in [-0.25, -0.2) is 4.98 Å². The monoisotopic (exact) mass is 426 g/mol. The van der Waals surface area contributed by atoms with Crippen molar-refractivity contribution in [2.75, 3.05) is 0 Å². The number of aromatic nitrogens is 2. The molecule has 5 nitrogen and oxygen atoms in total. The number of benzene rings is 1. The zero-order valence-electron chi connectivity index (χ0n) is 18.1. The molecule has 0 aliphatic carbocycles. The molecular weight excluding hydrogens is 396 g/mol. The SMILES string of the molecule is CCC(CC)n1c(Cc2cccs2)nc2cc(C(=O)C[C@H](C(=O)O)C(C)C)ccc21. The molecule has 3 aromatic rings. The van der Waals surface area contributed by atoms with Gasteiger partial charge < -0.3 is 9.67 Å². The first-order valence-corrected chi connectivity index (χ1v) is 11.5.